The molecule has 0 amide bonds. The van der Waals surface area contributed by atoms with Crippen LogP contribution in [0.3, 0.4) is 0 Å². The Kier molecular flexibility index (Phi) is 2.44. The average Bonchev–Trinajstić information content (AvgIpc) is 2.95. The first-order valence-electron chi connectivity index (χ1n) is 5.92. The predicted molar refractivity (Wildman–Crippen MR) is 63.5 cm³/mol. The lowest BCUT2D eigenvalue weighted by atomic mass is 10.0. The van der Waals surface area contributed by atoms with Crippen molar-refractivity contribution in [2.24, 2.45) is 5.73 Å². The molecule has 4 heteroatoms. The molecule has 2 aromatic rings. The molecule has 1 aliphatic carbocycles. The van der Waals surface area contributed by atoms with Crippen molar-refractivity contribution in [3.63, 3.8) is 0 Å². The standard InChI is InChI=1S/C13H15N3O/c1-8(14)13-15-12(16-17-13)11-7-6-9-4-2-3-5-10(9)11/h2-5,8,11H,6-7,14H2,1H3. The summed E-state index contributed by atoms with van der Waals surface area (Å²) < 4.78 is 5.17. The smallest absolute Gasteiger partial charge is 0.243 e. The SMILES string of the molecule is CC(N)c1nc(C2CCc3ccccc32)no1. The van der Waals surface area contributed by atoms with Crippen LogP contribution in [0.15, 0.2) is 28.8 Å². The summed E-state index contributed by atoms with van der Waals surface area (Å²) in [6.45, 7) is 1.85. The summed E-state index contributed by atoms with van der Waals surface area (Å²) in [5.41, 5.74) is 8.44. The maximum atomic E-state index is 5.72. The van der Waals surface area contributed by atoms with Crippen LogP contribution in [0.2, 0.25) is 0 Å². The van der Waals surface area contributed by atoms with Gasteiger partial charge in [-0.05, 0) is 30.9 Å². The highest BCUT2D eigenvalue weighted by Crippen LogP contribution is 2.36. The number of nitrogens with two attached hydrogens (primary N) is 1. The third kappa shape index (κ3) is 1.74. The van der Waals surface area contributed by atoms with E-state index in [4.69, 9.17) is 10.3 Å². The van der Waals surface area contributed by atoms with Crippen molar-refractivity contribution in [2.75, 3.05) is 0 Å². The first-order valence-corrected chi connectivity index (χ1v) is 5.92. The van der Waals surface area contributed by atoms with Gasteiger partial charge in [0.05, 0.1) is 6.04 Å². The molecule has 88 valence electrons. The van der Waals surface area contributed by atoms with Gasteiger partial charge in [-0.1, -0.05) is 29.4 Å². The molecule has 4 nitrogen and oxygen atoms in total. The van der Waals surface area contributed by atoms with Crippen LogP contribution >= 0.6 is 0 Å². The summed E-state index contributed by atoms with van der Waals surface area (Å²) in [7, 11) is 0. The number of rotatable bonds is 2. The second kappa shape index (κ2) is 3.96. The fourth-order valence-electron chi connectivity index (χ4n) is 2.40. The van der Waals surface area contributed by atoms with Gasteiger partial charge >= 0.3 is 0 Å². The Morgan fingerprint density at radius 3 is 3.00 bits per heavy atom. The molecule has 0 saturated heterocycles. The first kappa shape index (κ1) is 10.5. The molecule has 1 heterocycles. The molecular formula is C13H15N3O. The van der Waals surface area contributed by atoms with Crippen molar-refractivity contribution in [1.82, 2.24) is 10.1 Å². The van der Waals surface area contributed by atoms with E-state index in [1.54, 1.807) is 0 Å². The van der Waals surface area contributed by atoms with Crippen molar-refractivity contribution in [3.05, 3.63) is 47.1 Å². The molecule has 3 rings (SSSR count). The van der Waals surface area contributed by atoms with E-state index in [9.17, 15) is 0 Å². The van der Waals surface area contributed by atoms with Crippen LogP contribution in [0.4, 0.5) is 0 Å². The largest absolute Gasteiger partial charge is 0.338 e. The van der Waals surface area contributed by atoms with Crippen molar-refractivity contribution in [3.8, 4) is 0 Å². The molecule has 2 unspecified atom stereocenters. The maximum absolute atomic E-state index is 5.72. The summed E-state index contributed by atoms with van der Waals surface area (Å²) in [5.74, 6) is 1.55. The highest BCUT2D eigenvalue weighted by atomic mass is 16.5. The lowest BCUT2D eigenvalue weighted by Crippen LogP contribution is -2.06. The quantitative estimate of drug-likeness (QED) is 0.857. The number of hydrogen-bond donors (Lipinski definition) is 1. The van der Waals surface area contributed by atoms with E-state index >= 15 is 0 Å². The number of aryl methyl sites for hydroxylation is 1. The zero-order valence-electron chi connectivity index (χ0n) is 9.76. The van der Waals surface area contributed by atoms with E-state index in [0.717, 1.165) is 18.7 Å². The molecule has 1 aliphatic rings. The molecule has 1 aromatic heterocycles. The minimum absolute atomic E-state index is 0.201. The van der Waals surface area contributed by atoms with Crippen LogP contribution in [0, 0.1) is 0 Å². The molecule has 2 N–H and O–H groups in total. The van der Waals surface area contributed by atoms with Gasteiger partial charge in [0.1, 0.15) is 0 Å². The van der Waals surface area contributed by atoms with Crippen molar-refractivity contribution < 1.29 is 4.52 Å². The Morgan fingerprint density at radius 1 is 1.41 bits per heavy atom. The van der Waals surface area contributed by atoms with Gasteiger partial charge in [0.25, 0.3) is 0 Å². The third-order valence-electron chi connectivity index (χ3n) is 3.29. The normalized spacial score (nSPS) is 20.2. The topological polar surface area (TPSA) is 64.9 Å². The van der Waals surface area contributed by atoms with Crippen LogP contribution in [0.5, 0.6) is 0 Å². The minimum atomic E-state index is -0.201. The van der Waals surface area contributed by atoms with Gasteiger partial charge in [0, 0.05) is 5.92 Å². The van der Waals surface area contributed by atoms with E-state index in [1.165, 1.54) is 11.1 Å². The Balaban J connectivity index is 1.95. The molecule has 0 fully saturated rings. The van der Waals surface area contributed by atoms with Crippen LogP contribution in [-0.2, 0) is 6.42 Å². The molecular weight excluding hydrogens is 214 g/mol. The van der Waals surface area contributed by atoms with E-state index in [2.05, 4.69) is 34.4 Å². The molecule has 17 heavy (non-hydrogen) atoms. The van der Waals surface area contributed by atoms with Gasteiger partial charge < -0.3 is 10.3 Å². The van der Waals surface area contributed by atoms with E-state index in [0.29, 0.717) is 5.89 Å². The zero-order chi connectivity index (χ0) is 11.8. The van der Waals surface area contributed by atoms with Crippen molar-refractivity contribution in [2.45, 2.75) is 31.7 Å². The van der Waals surface area contributed by atoms with Gasteiger partial charge in [-0.2, -0.15) is 4.98 Å². The van der Waals surface area contributed by atoms with Crippen molar-refractivity contribution in [1.29, 1.82) is 0 Å². The van der Waals surface area contributed by atoms with Crippen LogP contribution in [0.1, 0.15) is 48.1 Å². The lowest BCUT2D eigenvalue weighted by Gasteiger charge is -2.05. The lowest BCUT2D eigenvalue weighted by molar-refractivity contribution is 0.355. The number of nitrogens with zero attached hydrogens (tertiary/aromatic N) is 2. The Labute approximate surface area is 99.8 Å². The predicted octanol–water partition coefficient (Wildman–Crippen LogP) is 2.17. The number of hydrogen-bond acceptors (Lipinski definition) is 4. The summed E-state index contributed by atoms with van der Waals surface area (Å²) in [6.07, 6.45) is 2.14. The second-order valence-corrected chi connectivity index (χ2v) is 4.57. The van der Waals surface area contributed by atoms with Gasteiger partial charge in [-0.25, -0.2) is 0 Å². The molecule has 1 aromatic carbocycles. The Hall–Kier alpha value is -1.68. The van der Waals surface area contributed by atoms with Gasteiger partial charge in [-0.15, -0.1) is 0 Å². The molecule has 0 bridgehead atoms. The summed E-state index contributed by atoms with van der Waals surface area (Å²) in [4.78, 5) is 4.39. The molecule has 0 saturated carbocycles. The number of fused-ring (bicyclic) bond motifs is 1. The fourth-order valence-corrected chi connectivity index (χ4v) is 2.40. The van der Waals surface area contributed by atoms with E-state index in [1.807, 2.05) is 6.92 Å². The first-order chi connectivity index (χ1) is 8.25. The monoisotopic (exact) mass is 229 g/mol. The molecule has 0 radical (unpaired) electrons. The second-order valence-electron chi connectivity index (χ2n) is 4.57. The minimum Gasteiger partial charge on any atom is -0.338 e. The van der Waals surface area contributed by atoms with Gasteiger partial charge in [0.15, 0.2) is 5.82 Å². The summed E-state index contributed by atoms with van der Waals surface area (Å²) in [5, 5.41) is 4.05. The number of benzene rings is 1. The average molecular weight is 229 g/mol. The molecule has 0 spiro atoms. The van der Waals surface area contributed by atoms with E-state index < -0.39 is 0 Å². The summed E-state index contributed by atoms with van der Waals surface area (Å²) in [6, 6.07) is 8.25. The highest BCUT2D eigenvalue weighted by molar-refractivity contribution is 5.38. The van der Waals surface area contributed by atoms with E-state index in [-0.39, 0.29) is 12.0 Å². The van der Waals surface area contributed by atoms with Crippen LogP contribution < -0.4 is 5.73 Å². The van der Waals surface area contributed by atoms with Gasteiger partial charge in [-0.3, -0.25) is 0 Å². The van der Waals surface area contributed by atoms with Gasteiger partial charge in [0.2, 0.25) is 5.89 Å². The summed E-state index contributed by atoms with van der Waals surface area (Å²) >= 11 is 0. The van der Waals surface area contributed by atoms with Crippen LogP contribution in [0.25, 0.3) is 0 Å². The highest BCUT2D eigenvalue weighted by Gasteiger charge is 2.27. The Bertz CT molecular complexity index is 533. The van der Waals surface area contributed by atoms with Crippen molar-refractivity contribution >= 4 is 0 Å². The molecule has 0 aliphatic heterocycles. The van der Waals surface area contributed by atoms with Crippen LogP contribution in [-0.4, -0.2) is 10.1 Å². The number of aromatic nitrogens is 2. The zero-order valence-corrected chi connectivity index (χ0v) is 9.76. The third-order valence-corrected chi connectivity index (χ3v) is 3.29. The fraction of sp³-hybridized carbons (Fsp3) is 0.385. The maximum Gasteiger partial charge on any atom is 0.243 e. The Morgan fingerprint density at radius 2 is 2.24 bits per heavy atom. The molecule has 2 atom stereocenters.